The van der Waals surface area contributed by atoms with Gasteiger partial charge in [0.25, 0.3) is 0 Å². The standard InChI is InChI=1S/C50H66N2O12/c53-42(20-10-1-3-12-22-46(55)51-30-16-6-14-24-48(57)58)36-62-44-28-26-39(27-29-44)40-32-41(50(61)64-35-38-18-8-5-9-19-38)34-45(33-40)63-37-43(54)21-11-2-4-13-23-47(56)52-31-17-7-15-25-49(59)60/h5,8-9,18-19,26-29,32-34H,1-4,6-7,10-17,20-25,30-31,35-37H2,(H,51,55)(H,52,56)(H,57,58)(H,59,60). The molecular weight excluding hydrogens is 821 g/mol. The van der Waals surface area contributed by atoms with E-state index in [1.165, 1.54) is 0 Å². The maximum absolute atomic E-state index is 13.2. The normalized spacial score (nSPS) is 10.8. The number of ether oxygens (including phenoxy) is 3. The Morgan fingerprint density at radius 2 is 0.922 bits per heavy atom. The molecule has 64 heavy (non-hydrogen) atoms. The van der Waals surface area contributed by atoms with Gasteiger partial charge in [0.05, 0.1) is 5.56 Å². The van der Waals surface area contributed by atoms with E-state index in [-0.39, 0.29) is 61.6 Å². The largest absolute Gasteiger partial charge is 0.486 e. The molecule has 3 rings (SSSR count). The van der Waals surface area contributed by atoms with Crippen molar-refractivity contribution in [1.82, 2.24) is 10.6 Å². The molecule has 0 saturated carbocycles. The smallest absolute Gasteiger partial charge is 0.338 e. The van der Waals surface area contributed by atoms with Crippen molar-refractivity contribution >= 4 is 41.3 Å². The lowest BCUT2D eigenvalue weighted by molar-refractivity contribution is -0.138. The maximum atomic E-state index is 13.2. The van der Waals surface area contributed by atoms with Gasteiger partial charge in [0.2, 0.25) is 11.8 Å². The Bertz CT molecular complexity index is 1900. The monoisotopic (exact) mass is 886 g/mol. The lowest BCUT2D eigenvalue weighted by Gasteiger charge is -2.12. The number of carboxylic acids is 2. The summed E-state index contributed by atoms with van der Waals surface area (Å²) < 4.78 is 17.3. The van der Waals surface area contributed by atoms with Gasteiger partial charge in [0, 0.05) is 51.6 Å². The number of rotatable bonds is 36. The van der Waals surface area contributed by atoms with Crippen LogP contribution in [-0.2, 0) is 40.1 Å². The predicted molar refractivity (Wildman–Crippen MR) is 242 cm³/mol. The van der Waals surface area contributed by atoms with Crippen LogP contribution in [0.4, 0.5) is 0 Å². The molecule has 0 unspecified atom stereocenters. The van der Waals surface area contributed by atoms with E-state index in [0.717, 1.165) is 68.9 Å². The van der Waals surface area contributed by atoms with Crippen molar-refractivity contribution in [3.05, 3.63) is 83.9 Å². The van der Waals surface area contributed by atoms with Crippen molar-refractivity contribution in [2.45, 2.75) is 135 Å². The van der Waals surface area contributed by atoms with E-state index in [4.69, 9.17) is 24.4 Å². The molecule has 3 aromatic rings. The summed E-state index contributed by atoms with van der Waals surface area (Å²) in [5.74, 6) is -1.47. The quantitative estimate of drug-likeness (QED) is 0.0319. The Morgan fingerprint density at radius 3 is 1.44 bits per heavy atom. The molecule has 14 heteroatoms. The van der Waals surface area contributed by atoms with Crippen molar-refractivity contribution in [2.24, 2.45) is 0 Å². The van der Waals surface area contributed by atoms with Crippen LogP contribution in [0.1, 0.15) is 144 Å². The SMILES string of the molecule is O=C(O)CCCCCNC(=O)CCCCCCC(=O)COc1ccc(-c2cc(OCC(=O)CCCCCCC(=O)NCCCCCC(=O)O)cc(C(=O)OCc3ccccc3)c2)cc1. The van der Waals surface area contributed by atoms with Gasteiger partial charge in [-0.1, -0.05) is 81.0 Å². The summed E-state index contributed by atoms with van der Waals surface area (Å²) in [6.07, 6.45) is 12.1. The summed E-state index contributed by atoms with van der Waals surface area (Å²) in [6.45, 7) is 0.932. The first-order valence-corrected chi connectivity index (χ1v) is 22.7. The molecule has 0 bridgehead atoms. The minimum atomic E-state index is -0.810. The number of carboxylic acid groups (broad SMARTS) is 2. The van der Waals surface area contributed by atoms with E-state index in [1.54, 1.807) is 30.3 Å². The number of benzene rings is 3. The number of nitrogens with one attached hydrogen (secondary N) is 2. The van der Waals surface area contributed by atoms with Crippen molar-refractivity contribution < 1.29 is 58.0 Å². The van der Waals surface area contributed by atoms with E-state index in [9.17, 15) is 33.6 Å². The van der Waals surface area contributed by atoms with E-state index >= 15 is 0 Å². The lowest BCUT2D eigenvalue weighted by Crippen LogP contribution is -2.24. The van der Waals surface area contributed by atoms with Gasteiger partial charge in [-0.3, -0.25) is 28.8 Å². The zero-order valence-electron chi connectivity index (χ0n) is 37.1. The third-order valence-electron chi connectivity index (χ3n) is 10.3. The number of unbranched alkanes of at least 4 members (excludes halogenated alkanes) is 10. The third-order valence-corrected chi connectivity index (χ3v) is 10.3. The van der Waals surface area contributed by atoms with E-state index in [2.05, 4.69) is 10.6 Å². The van der Waals surface area contributed by atoms with Gasteiger partial charge in [-0.15, -0.1) is 0 Å². The third kappa shape index (κ3) is 24.6. The topological polar surface area (TPSA) is 212 Å². The molecule has 0 aliphatic rings. The first-order chi connectivity index (χ1) is 31.0. The van der Waals surface area contributed by atoms with Crippen molar-refractivity contribution in [2.75, 3.05) is 26.3 Å². The fourth-order valence-electron chi connectivity index (χ4n) is 6.70. The van der Waals surface area contributed by atoms with Crippen LogP contribution >= 0.6 is 0 Å². The molecule has 348 valence electrons. The summed E-state index contributed by atoms with van der Waals surface area (Å²) >= 11 is 0. The number of Topliss-reactive ketones (excluding diaryl/α,β-unsaturated/α-hetero) is 2. The molecule has 0 atom stereocenters. The summed E-state index contributed by atoms with van der Waals surface area (Å²) in [4.78, 5) is 83.7. The fourth-order valence-corrected chi connectivity index (χ4v) is 6.70. The van der Waals surface area contributed by atoms with Crippen LogP contribution in [0.25, 0.3) is 11.1 Å². The molecule has 0 spiro atoms. The number of aliphatic carboxylic acids is 2. The van der Waals surface area contributed by atoms with Gasteiger partial charge in [0.15, 0.2) is 11.6 Å². The van der Waals surface area contributed by atoms with Crippen LogP contribution in [0.5, 0.6) is 11.5 Å². The summed E-state index contributed by atoms with van der Waals surface area (Å²) in [7, 11) is 0. The molecule has 2 amide bonds. The van der Waals surface area contributed by atoms with Gasteiger partial charge in [-0.25, -0.2) is 4.79 Å². The number of hydrogen-bond donors (Lipinski definition) is 4. The molecule has 0 heterocycles. The van der Waals surface area contributed by atoms with Crippen molar-refractivity contribution in [1.29, 1.82) is 0 Å². The number of esters is 1. The molecule has 4 N–H and O–H groups in total. The highest BCUT2D eigenvalue weighted by Gasteiger charge is 2.15. The zero-order valence-corrected chi connectivity index (χ0v) is 37.1. The maximum Gasteiger partial charge on any atom is 0.338 e. The minimum absolute atomic E-state index is 0.0127. The van der Waals surface area contributed by atoms with Crippen LogP contribution in [0, 0.1) is 0 Å². The molecular formula is C50H66N2O12. The van der Waals surface area contributed by atoms with Gasteiger partial charge in [-0.2, -0.15) is 0 Å². The second-order valence-corrected chi connectivity index (χ2v) is 15.9. The molecule has 0 saturated heterocycles. The van der Waals surface area contributed by atoms with Crippen molar-refractivity contribution in [3.63, 3.8) is 0 Å². The second kappa shape index (κ2) is 31.7. The number of amides is 2. The van der Waals surface area contributed by atoms with Crippen LogP contribution in [0.3, 0.4) is 0 Å². The number of carbonyl (C=O) groups excluding carboxylic acids is 5. The molecule has 14 nitrogen and oxygen atoms in total. The van der Waals surface area contributed by atoms with Gasteiger partial charge in [0.1, 0.15) is 31.3 Å². The molecule has 3 aromatic carbocycles. The van der Waals surface area contributed by atoms with Gasteiger partial charge < -0.3 is 35.1 Å². The van der Waals surface area contributed by atoms with Crippen LogP contribution in [0.2, 0.25) is 0 Å². The van der Waals surface area contributed by atoms with Crippen LogP contribution in [-0.4, -0.2) is 77.8 Å². The van der Waals surface area contributed by atoms with Crippen LogP contribution < -0.4 is 20.1 Å². The van der Waals surface area contributed by atoms with Crippen LogP contribution in [0.15, 0.2) is 72.8 Å². The van der Waals surface area contributed by atoms with E-state index in [1.807, 2.05) is 42.5 Å². The fraction of sp³-hybridized carbons (Fsp3) is 0.500. The number of carbonyl (C=O) groups is 7. The molecule has 0 fully saturated rings. The van der Waals surface area contributed by atoms with E-state index < -0.39 is 17.9 Å². The predicted octanol–water partition coefficient (Wildman–Crippen LogP) is 8.81. The highest BCUT2D eigenvalue weighted by molar-refractivity contribution is 5.92. The first-order valence-electron chi connectivity index (χ1n) is 22.7. The second-order valence-electron chi connectivity index (χ2n) is 15.9. The van der Waals surface area contributed by atoms with Gasteiger partial charge >= 0.3 is 17.9 Å². The average Bonchev–Trinajstić information content (AvgIpc) is 3.28. The highest BCUT2D eigenvalue weighted by Crippen LogP contribution is 2.29. The molecule has 0 aliphatic carbocycles. The Labute approximate surface area is 376 Å². The van der Waals surface area contributed by atoms with E-state index in [0.29, 0.717) is 87.9 Å². The first kappa shape index (κ1) is 52.3. The Balaban J connectivity index is 1.42. The van der Waals surface area contributed by atoms with Crippen molar-refractivity contribution in [3.8, 4) is 22.6 Å². The Morgan fingerprint density at radius 1 is 0.453 bits per heavy atom. The minimum Gasteiger partial charge on any atom is -0.486 e. The number of hydrogen-bond acceptors (Lipinski definition) is 10. The molecule has 0 aromatic heterocycles. The summed E-state index contributed by atoms with van der Waals surface area (Å²) in [5, 5.41) is 23.1. The highest BCUT2D eigenvalue weighted by atomic mass is 16.5. The van der Waals surface area contributed by atoms with Gasteiger partial charge in [-0.05, 0) is 98.4 Å². The average molecular weight is 887 g/mol. The zero-order chi connectivity index (χ0) is 46.2. The molecule has 0 radical (unpaired) electrons. The summed E-state index contributed by atoms with van der Waals surface area (Å²) in [6, 6.07) is 21.5. The molecule has 0 aliphatic heterocycles. The number of ketones is 2. The Hall–Kier alpha value is -6.05. The lowest BCUT2D eigenvalue weighted by atomic mass is 10.0. The Kier molecular flexibility index (Phi) is 25.9. The summed E-state index contributed by atoms with van der Waals surface area (Å²) in [5.41, 5.74) is 2.51.